The number of benzene rings is 1. The normalized spacial score (nSPS) is 13.7. The van der Waals surface area contributed by atoms with E-state index in [1.165, 1.54) is 12.8 Å². The molecule has 0 atom stereocenters. The standard InChI is InChI=1S/C22H24ClN5O/c1-2-20-19(15-26-28(20)18-7-5-6-17(23)12-18)22(29)25-14-16-8-9-21(24-13-16)27-10-3-4-11-27/h5-9,12-13,15H,2-4,10-11,14H2,1H3,(H,25,29). The SMILES string of the molecule is CCc1c(C(=O)NCc2ccc(N3CCCC3)nc2)cnn1-c1cccc(Cl)c1. The van der Waals surface area contributed by atoms with Crippen LogP contribution in [0.15, 0.2) is 48.8 Å². The third-order valence-corrected chi connectivity index (χ3v) is 5.43. The van der Waals surface area contributed by atoms with Crippen LogP contribution in [0, 0.1) is 0 Å². The molecular weight excluding hydrogens is 386 g/mol. The van der Waals surface area contributed by atoms with E-state index in [9.17, 15) is 4.79 Å². The first kappa shape index (κ1) is 19.5. The summed E-state index contributed by atoms with van der Waals surface area (Å²) in [5.41, 5.74) is 3.25. The van der Waals surface area contributed by atoms with E-state index in [0.717, 1.165) is 35.9 Å². The van der Waals surface area contributed by atoms with Gasteiger partial charge in [-0.05, 0) is 49.1 Å². The number of rotatable bonds is 6. The molecule has 2 aromatic heterocycles. The summed E-state index contributed by atoms with van der Waals surface area (Å²) in [6, 6.07) is 11.5. The molecule has 0 unspecified atom stereocenters. The third-order valence-electron chi connectivity index (χ3n) is 5.19. The van der Waals surface area contributed by atoms with Gasteiger partial charge < -0.3 is 10.2 Å². The monoisotopic (exact) mass is 409 g/mol. The van der Waals surface area contributed by atoms with Gasteiger partial charge in [-0.15, -0.1) is 0 Å². The Morgan fingerprint density at radius 3 is 2.69 bits per heavy atom. The van der Waals surface area contributed by atoms with Crippen LogP contribution in [0.4, 0.5) is 5.82 Å². The second-order valence-electron chi connectivity index (χ2n) is 7.15. The van der Waals surface area contributed by atoms with Crippen molar-refractivity contribution >= 4 is 23.3 Å². The van der Waals surface area contributed by atoms with Gasteiger partial charge in [-0.25, -0.2) is 9.67 Å². The van der Waals surface area contributed by atoms with E-state index in [1.807, 2.05) is 49.5 Å². The molecule has 0 bridgehead atoms. The summed E-state index contributed by atoms with van der Waals surface area (Å²) in [4.78, 5) is 19.6. The average Bonchev–Trinajstić information content (AvgIpc) is 3.42. The number of halogens is 1. The number of nitrogens with zero attached hydrogens (tertiary/aromatic N) is 4. The van der Waals surface area contributed by atoms with Gasteiger partial charge in [0, 0.05) is 30.9 Å². The fraction of sp³-hybridized carbons (Fsp3) is 0.318. The minimum Gasteiger partial charge on any atom is -0.357 e. The topological polar surface area (TPSA) is 63.1 Å². The van der Waals surface area contributed by atoms with Crippen molar-refractivity contribution in [2.24, 2.45) is 0 Å². The molecule has 1 fully saturated rings. The van der Waals surface area contributed by atoms with Gasteiger partial charge in [0.1, 0.15) is 5.82 Å². The molecule has 3 heterocycles. The molecule has 1 aromatic carbocycles. The van der Waals surface area contributed by atoms with Crippen molar-refractivity contribution in [1.29, 1.82) is 0 Å². The first-order valence-corrected chi connectivity index (χ1v) is 10.3. The van der Waals surface area contributed by atoms with Gasteiger partial charge in [-0.3, -0.25) is 4.79 Å². The van der Waals surface area contributed by atoms with Crippen LogP contribution in [-0.2, 0) is 13.0 Å². The van der Waals surface area contributed by atoms with E-state index < -0.39 is 0 Å². The van der Waals surface area contributed by atoms with Crippen molar-refractivity contribution in [2.75, 3.05) is 18.0 Å². The molecule has 1 aliphatic heterocycles. The summed E-state index contributed by atoms with van der Waals surface area (Å²) in [6.45, 7) is 4.58. The molecule has 4 rings (SSSR count). The summed E-state index contributed by atoms with van der Waals surface area (Å²) in [5.74, 6) is 0.868. The average molecular weight is 410 g/mol. The Balaban J connectivity index is 1.44. The minimum absolute atomic E-state index is 0.140. The highest BCUT2D eigenvalue weighted by atomic mass is 35.5. The number of amides is 1. The Bertz CT molecular complexity index is 993. The van der Waals surface area contributed by atoms with E-state index in [4.69, 9.17) is 11.6 Å². The zero-order chi connectivity index (χ0) is 20.2. The number of carbonyl (C=O) groups excluding carboxylic acids is 1. The van der Waals surface area contributed by atoms with Crippen LogP contribution in [0.2, 0.25) is 5.02 Å². The molecule has 1 N–H and O–H groups in total. The smallest absolute Gasteiger partial charge is 0.255 e. The lowest BCUT2D eigenvalue weighted by molar-refractivity contribution is 0.0950. The summed E-state index contributed by atoms with van der Waals surface area (Å²) in [5, 5.41) is 8.03. The van der Waals surface area contributed by atoms with E-state index in [0.29, 0.717) is 23.6 Å². The van der Waals surface area contributed by atoms with Crippen LogP contribution in [0.3, 0.4) is 0 Å². The Hall–Kier alpha value is -2.86. The second kappa shape index (κ2) is 8.66. The lowest BCUT2D eigenvalue weighted by atomic mass is 10.2. The maximum absolute atomic E-state index is 12.8. The molecule has 0 radical (unpaired) electrons. The Labute approximate surface area is 175 Å². The van der Waals surface area contributed by atoms with Crippen molar-refractivity contribution in [3.05, 3.63) is 70.6 Å². The van der Waals surface area contributed by atoms with Crippen molar-refractivity contribution in [1.82, 2.24) is 20.1 Å². The summed E-state index contributed by atoms with van der Waals surface area (Å²) in [7, 11) is 0. The highest BCUT2D eigenvalue weighted by Gasteiger charge is 2.17. The zero-order valence-electron chi connectivity index (χ0n) is 16.4. The van der Waals surface area contributed by atoms with Crippen LogP contribution in [0.25, 0.3) is 5.69 Å². The molecule has 0 saturated carbocycles. The van der Waals surface area contributed by atoms with Gasteiger partial charge in [0.15, 0.2) is 0 Å². The molecule has 0 spiro atoms. The molecule has 29 heavy (non-hydrogen) atoms. The van der Waals surface area contributed by atoms with Crippen molar-refractivity contribution < 1.29 is 4.79 Å². The fourth-order valence-electron chi connectivity index (χ4n) is 3.67. The summed E-state index contributed by atoms with van der Waals surface area (Å²) >= 11 is 6.10. The predicted octanol–water partition coefficient (Wildman–Crippen LogP) is 4.01. The minimum atomic E-state index is -0.140. The van der Waals surface area contributed by atoms with Crippen LogP contribution in [0.1, 0.15) is 41.4 Å². The van der Waals surface area contributed by atoms with Crippen molar-refractivity contribution in [2.45, 2.75) is 32.7 Å². The van der Waals surface area contributed by atoms with Crippen LogP contribution in [-0.4, -0.2) is 33.8 Å². The van der Waals surface area contributed by atoms with E-state index in [1.54, 1.807) is 10.9 Å². The van der Waals surface area contributed by atoms with Crippen LogP contribution < -0.4 is 10.2 Å². The molecule has 1 saturated heterocycles. The van der Waals surface area contributed by atoms with Gasteiger partial charge in [-0.1, -0.05) is 30.7 Å². The first-order chi connectivity index (χ1) is 14.2. The molecule has 0 aliphatic carbocycles. The largest absolute Gasteiger partial charge is 0.357 e. The lowest BCUT2D eigenvalue weighted by Gasteiger charge is -2.16. The first-order valence-electron chi connectivity index (χ1n) is 9.96. The number of hydrogen-bond donors (Lipinski definition) is 1. The van der Waals surface area contributed by atoms with Crippen LogP contribution >= 0.6 is 11.6 Å². The molecule has 6 nitrogen and oxygen atoms in total. The maximum Gasteiger partial charge on any atom is 0.255 e. The Morgan fingerprint density at radius 2 is 2.00 bits per heavy atom. The number of carbonyl (C=O) groups is 1. The third kappa shape index (κ3) is 4.27. The number of nitrogens with one attached hydrogen (secondary N) is 1. The van der Waals surface area contributed by atoms with E-state index in [-0.39, 0.29) is 5.91 Å². The molecule has 1 amide bonds. The Morgan fingerprint density at radius 1 is 1.17 bits per heavy atom. The van der Waals surface area contributed by atoms with Gasteiger partial charge in [0.05, 0.1) is 23.1 Å². The number of pyridine rings is 1. The highest BCUT2D eigenvalue weighted by molar-refractivity contribution is 6.30. The maximum atomic E-state index is 12.8. The van der Waals surface area contributed by atoms with Crippen LogP contribution in [0.5, 0.6) is 0 Å². The van der Waals surface area contributed by atoms with E-state index >= 15 is 0 Å². The van der Waals surface area contributed by atoms with E-state index in [2.05, 4.69) is 20.3 Å². The zero-order valence-corrected chi connectivity index (χ0v) is 17.2. The Kier molecular flexibility index (Phi) is 5.81. The molecule has 3 aromatic rings. The van der Waals surface area contributed by atoms with Crippen molar-refractivity contribution in [3.63, 3.8) is 0 Å². The number of hydrogen-bond acceptors (Lipinski definition) is 4. The van der Waals surface area contributed by atoms with Gasteiger partial charge in [0.25, 0.3) is 5.91 Å². The summed E-state index contributed by atoms with van der Waals surface area (Å²) in [6.07, 6.45) is 6.58. The molecule has 7 heteroatoms. The predicted molar refractivity (Wildman–Crippen MR) is 115 cm³/mol. The quantitative estimate of drug-likeness (QED) is 0.668. The lowest BCUT2D eigenvalue weighted by Crippen LogP contribution is -2.24. The van der Waals surface area contributed by atoms with Crippen molar-refractivity contribution in [3.8, 4) is 5.69 Å². The molecule has 1 aliphatic rings. The summed E-state index contributed by atoms with van der Waals surface area (Å²) < 4.78 is 1.77. The van der Waals surface area contributed by atoms with Gasteiger partial charge >= 0.3 is 0 Å². The molecular formula is C22H24ClN5O. The van der Waals surface area contributed by atoms with Gasteiger partial charge in [0.2, 0.25) is 0 Å². The highest BCUT2D eigenvalue weighted by Crippen LogP contribution is 2.20. The second-order valence-corrected chi connectivity index (χ2v) is 7.59. The van der Waals surface area contributed by atoms with Gasteiger partial charge in [-0.2, -0.15) is 5.10 Å². The molecule has 150 valence electrons. The number of aromatic nitrogens is 3. The number of anilines is 1. The fourth-order valence-corrected chi connectivity index (χ4v) is 3.85.